The molecule has 2 saturated carbocycles. The third-order valence-electron chi connectivity index (χ3n) is 5.14. The number of hydrogen-bond donors (Lipinski definition) is 1. The standard InChI is InChI=1S/C17H24INO/c1-2-20-16-12-15(17(16)10-6-3-7-11-17)19-14-9-5-4-8-13(14)18/h4-5,8-9,15-16,19H,2-3,6-7,10-12H2,1H3. The van der Waals surface area contributed by atoms with Crippen LogP contribution in [0.15, 0.2) is 24.3 Å². The highest BCUT2D eigenvalue weighted by Gasteiger charge is 2.55. The summed E-state index contributed by atoms with van der Waals surface area (Å²) in [6.45, 7) is 2.97. The van der Waals surface area contributed by atoms with E-state index in [2.05, 4.69) is 59.1 Å². The molecule has 3 rings (SSSR count). The molecule has 1 aromatic rings. The van der Waals surface area contributed by atoms with Crippen molar-refractivity contribution in [3.63, 3.8) is 0 Å². The predicted octanol–water partition coefficient (Wildman–Crippen LogP) is 4.83. The Labute approximate surface area is 135 Å². The molecule has 3 heteroatoms. The zero-order valence-electron chi connectivity index (χ0n) is 12.2. The van der Waals surface area contributed by atoms with Gasteiger partial charge in [-0.15, -0.1) is 0 Å². The van der Waals surface area contributed by atoms with Crippen LogP contribution in [0.1, 0.15) is 45.4 Å². The number of ether oxygens (including phenoxy) is 1. The Morgan fingerprint density at radius 1 is 1.25 bits per heavy atom. The molecular formula is C17H24INO. The maximum atomic E-state index is 6.03. The van der Waals surface area contributed by atoms with Crippen LogP contribution >= 0.6 is 22.6 Å². The molecule has 2 atom stereocenters. The summed E-state index contributed by atoms with van der Waals surface area (Å²) in [4.78, 5) is 0. The number of benzene rings is 1. The lowest BCUT2D eigenvalue weighted by Crippen LogP contribution is -2.62. The summed E-state index contributed by atoms with van der Waals surface area (Å²) < 4.78 is 7.34. The fourth-order valence-corrected chi connectivity index (χ4v) is 4.57. The van der Waals surface area contributed by atoms with Crippen LogP contribution in [0.3, 0.4) is 0 Å². The lowest BCUT2D eigenvalue weighted by molar-refractivity contribution is -0.134. The molecule has 20 heavy (non-hydrogen) atoms. The Bertz CT molecular complexity index is 456. The summed E-state index contributed by atoms with van der Waals surface area (Å²) >= 11 is 2.42. The topological polar surface area (TPSA) is 21.3 Å². The van der Waals surface area contributed by atoms with E-state index in [4.69, 9.17) is 4.74 Å². The van der Waals surface area contributed by atoms with Crippen molar-refractivity contribution in [1.29, 1.82) is 0 Å². The minimum atomic E-state index is 0.396. The van der Waals surface area contributed by atoms with Gasteiger partial charge in [0.05, 0.1) is 6.10 Å². The van der Waals surface area contributed by atoms with Crippen molar-refractivity contribution in [1.82, 2.24) is 0 Å². The molecule has 0 bridgehead atoms. The number of para-hydroxylation sites is 1. The van der Waals surface area contributed by atoms with Gasteiger partial charge in [0.25, 0.3) is 0 Å². The summed E-state index contributed by atoms with van der Waals surface area (Å²) in [5, 5.41) is 3.81. The highest BCUT2D eigenvalue weighted by atomic mass is 127. The van der Waals surface area contributed by atoms with Gasteiger partial charge in [-0.3, -0.25) is 0 Å². The Kier molecular flexibility index (Phi) is 4.55. The molecule has 1 aromatic carbocycles. The second kappa shape index (κ2) is 6.22. The van der Waals surface area contributed by atoms with Crippen molar-refractivity contribution in [3.8, 4) is 0 Å². The van der Waals surface area contributed by atoms with Crippen molar-refractivity contribution in [3.05, 3.63) is 27.8 Å². The molecule has 2 unspecified atom stereocenters. The molecule has 0 radical (unpaired) electrons. The third-order valence-corrected chi connectivity index (χ3v) is 6.08. The Hall–Kier alpha value is -0.290. The summed E-state index contributed by atoms with van der Waals surface area (Å²) in [5.74, 6) is 0. The molecule has 0 heterocycles. The van der Waals surface area contributed by atoms with E-state index in [0.717, 1.165) is 6.61 Å². The Balaban J connectivity index is 1.75. The fraction of sp³-hybridized carbons (Fsp3) is 0.647. The number of hydrogen-bond acceptors (Lipinski definition) is 2. The first-order valence-electron chi connectivity index (χ1n) is 7.89. The van der Waals surface area contributed by atoms with Gasteiger partial charge in [0, 0.05) is 27.3 Å². The van der Waals surface area contributed by atoms with Crippen LogP contribution < -0.4 is 5.32 Å². The second-order valence-electron chi connectivity index (χ2n) is 6.15. The van der Waals surface area contributed by atoms with Crippen LogP contribution in [-0.2, 0) is 4.74 Å². The molecule has 1 N–H and O–H groups in total. The van der Waals surface area contributed by atoms with E-state index in [-0.39, 0.29) is 0 Å². The average Bonchev–Trinajstić information content (AvgIpc) is 2.49. The van der Waals surface area contributed by atoms with E-state index < -0.39 is 0 Å². The molecule has 0 saturated heterocycles. The highest BCUT2D eigenvalue weighted by molar-refractivity contribution is 14.1. The van der Waals surface area contributed by atoms with Gasteiger partial charge in [0.2, 0.25) is 0 Å². The van der Waals surface area contributed by atoms with E-state index in [1.807, 2.05) is 0 Å². The molecule has 0 aliphatic heterocycles. The molecule has 110 valence electrons. The van der Waals surface area contributed by atoms with Crippen LogP contribution in [0, 0.1) is 8.99 Å². The molecule has 1 spiro atoms. The maximum Gasteiger partial charge on any atom is 0.0670 e. The van der Waals surface area contributed by atoms with Crippen LogP contribution in [0.4, 0.5) is 5.69 Å². The molecular weight excluding hydrogens is 361 g/mol. The molecule has 0 aromatic heterocycles. The first-order valence-corrected chi connectivity index (χ1v) is 8.97. The first-order chi connectivity index (χ1) is 9.76. The normalized spacial score (nSPS) is 28.1. The fourth-order valence-electron chi connectivity index (χ4n) is 4.03. The predicted molar refractivity (Wildman–Crippen MR) is 92.1 cm³/mol. The first kappa shape index (κ1) is 14.6. The molecule has 0 amide bonds. The van der Waals surface area contributed by atoms with Gasteiger partial charge in [-0.2, -0.15) is 0 Å². The summed E-state index contributed by atoms with van der Waals surface area (Å²) in [5.41, 5.74) is 1.69. The van der Waals surface area contributed by atoms with Crippen LogP contribution in [-0.4, -0.2) is 18.8 Å². The van der Waals surface area contributed by atoms with Crippen molar-refractivity contribution < 1.29 is 4.74 Å². The van der Waals surface area contributed by atoms with Crippen molar-refractivity contribution >= 4 is 28.3 Å². The Morgan fingerprint density at radius 2 is 2.00 bits per heavy atom. The Morgan fingerprint density at radius 3 is 2.70 bits per heavy atom. The summed E-state index contributed by atoms with van der Waals surface area (Å²) in [6, 6.07) is 9.20. The lowest BCUT2D eigenvalue weighted by Gasteiger charge is -2.58. The van der Waals surface area contributed by atoms with Crippen LogP contribution in [0.5, 0.6) is 0 Å². The number of rotatable bonds is 4. The molecule has 2 aliphatic carbocycles. The van der Waals surface area contributed by atoms with E-state index in [0.29, 0.717) is 17.6 Å². The third kappa shape index (κ3) is 2.59. The van der Waals surface area contributed by atoms with Gasteiger partial charge in [-0.25, -0.2) is 0 Å². The van der Waals surface area contributed by atoms with Gasteiger partial charge in [-0.1, -0.05) is 31.4 Å². The van der Waals surface area contributed by atoms with Crippen molar-refractivity contribution in [2.24, 2.45) is 5.41 Å². The monoisotopic (exact) mass is 385 g/mol. The zero-order valence-corrected chi connectivity index (χ0v) is 14.4. The lowest BCUT2D eigenvalue weighted by atomic mass is 9.55. The SMILES string of the molecule is CCOC1CC(Nc2ccccc2I)C12CCCCC2. The van der Waals surface area contributed by atoms with Gasteiger partial charge < -0.3 is 10.1 Å². The number of anilines is 1. The van der Waals surface area contributed by atoms with E-state index in [9.17, 15) is 0 Å². The largest absolute Gasteiger partial charge is 0.381 e. The van der Waals surface area contributed by atoms with Crippen LogP contribution in [0.2, 0.25) is 0 Å². The zero-order chi connectivity index (χ0) is 14.0. The van der Waals surface area contributed by atoms with Gasteiger partial charge in [0.1, 0.15) is 0 Å². The van der Waals surface area contributed by atoms with Crippen molar-refractivity contribution in [2.45, 2.75) is 57.6 Å². The average molecular weight is 385 g/mol. The smallest absolute Gasteiger partial charge is 0.0670 e. The second-order valence-corrected chi connectivity index (χ2v) is 7.31. The van der Waals surface area contributed by atoms with Crippen molar-refractivity contribution in [2.75, 3.05) is 11.9 Å². The van der Waals surface area contributed by atoms with Gasteiger partial charge in [0.15, 0.2) is 0 Å². The van der Waals surface area contributed by atoms with E-state index >= 15 is 0 Å². The van der Waals surface area contributed by atoms with Gasteiger partial charge >= 0.3 is 0 Å². The minimum Gasteiger partial charge on any atom is -0.381 e. The van der Waals surface area contributed by atoms with Gasteiger partial charge in [-0.05, 0) is 60.9 Å². The number of halogens is 1. The summed E-state index contributed by atoms with van der Waals surface area (Å²) in [6.07, 6.45) is 8.44. The minimum absolute atomic E-state index is 0.396. The molecule has 2 aliphatic rings. The molecule has 2 fully saturated rings. The maximum absolute atomic E-state index is 6.03. The highest BCUT2D eigenvalue weighted by Crippen LogP contribution is 2.54. The van der Waals surface area contributed by atoms with Crippen LogP contribution in [0.25, 0.3) is 0 Å². The number of nitrogens with one attached hydrogen (secondary N) is 1. The summed E-state index contributed by atoms with van der Waals surface area (Å²) in [7, 11) is 0. The quantitative estimate of drug-likeness (QED) is 0.750. The van der Waals surface area contributed by atoms with E-state index in [1.165, 1.54) is 47.8 Å². The van der Waals surface area contributed by atoms with E-state index in [1.54, 1.807) is 0 Å². The molecule has 2 nitrogen and oxygen atoms in total.